The number of aromatic nitrogens is 2. The molecule has 3 rings (SSSR count). The summed E-state index contributed by atoms with van der Waals surface area (Å²) in [5.41, 5.74) is 0. The smallest absolute Gasteiger partial charge is 0.293 e. The molecule has 0 saturated carbocycles. The van der Waals surface area contributed by atoms with E-state index in [1.54, 1.807) is 0 Å². The lowest BCUT2D eigenvalue weighted by Gasteiger charge is -2.25. The molecule has 0 radical (unpaired) electrons. The minimum Gasteiger partial charge on any atom is -0.456 e. The summed E-state index contributed by atoms with van der Waals surface area (Å²) < 4.78 is 10.7. The van der Waals surface area contributed by atoms with E-state index in [9.17, 15) is 0 Å². The Morgan fingerprint density at radius 3 is 2.89 bits per heavy atom. The fourth-order valence-corrected chi connectivity index (χ4v) is 2.04. The first-order valence-corrected chi connectivity index (χ1v) is 6.14. The van der Waals surface area contributed by atoms with Crippen molar-refractivity contribution in [3.63, 3.8) is 0 Å². The number of piperazine rings is 1. The quantitative estimate of drug-likeness (QED) is 0.875. The Bertz CT molecular complexity index is 514. The molecule has 2 aromatic rings. The van der Waals surface area contributed by atoms with Crippen molar-refractivity contribution in [2.45, 2.75) is 13.5 Å². The first-order chi connectivity index (χ1) is 8.81. The molecule has 2 aromatic heterocycles. The molecule has 0 bridgehead atoms. The van der Waals surface area contributed by atoms with Crippen LogP contribution in [-0.4, -0.2) is 41.2 Å². The van der Waals surface area contributed by atoms with E-state index in [-0.39, 0.29) is 0 Å². The minimum absolute atomic E-state index is 0.452. The van der Waals surface area contributed by atoms with Crippen LogP contribution in [0, 0.1) is 6.92 Å². The number of aryl methyl sites for hydroxylation is 1. The van der Waals surface area contributed by atoms with Gasteiger partial charge in [0.15, 0.2) is 11.6 Å². The average molecular weight is 248 g/mol. The van der Waals surface area contributed by atoms with Crippen molar-refractivity contribution < 1.29 is 8.94 Å². The van der Waals surface area contributed by atoms with Crippen molar-refractivity contribution in [3.8, 4) is 11.7 Å². The van der Waals surface area contributed by atoms with E-state index in [0.717, 1.165) is 38.5 Å². The van der Waals surface area contributed by atoms with Gasteiger partial charge in [-0.1, -0.05) is 5.16 Å². The SMILES string of the molecule is Cc1ccc(-c2nc(CN3CCNCC3)no2)o1. The van der Waals surface area contributed by atoms with E-state index in [4.69, 9.17) is 8.94 Å². The van der Waals surface area contributed by atoms with Gasteiger partial charge in [0, 0.05) is 26.2 Å². The summed E-state index contributed by atoms with van der Waals surface area (Å²) in [6.07, 6.45) is 0. The number of hydrogen-bond donors (Lipinski definition) is 1. The van der Waals surface area contributed by atoms with Gasteiger partial charge in [0.1, 0.15) is 5.76 Å². The maximum atomic E-state index is 5.45. The summed E-state index contributed by atoms with van der Waals surface area (Å²) in [6.45, 7) is 6.68. The first-order valence-electron chi connectivity index (χ1n) is 6.14. The van der Waals surface area contributed by atoms with Crippen LogP contribution in [0.15, 0.2) is 21.1 Å². The van der Waals surface area contributed by atoms with Crippen molar-refractivity contribution in [1.82, 2.24) is 20.4 Å². The van der Waals surface area contributed by atoms with Gasteiger partial charge in [-0.05, 0) is 19.1 Å². The van der Waals surface area contributed by atoms with Crippen LogP contribution < -0.4 is 5.32 Å². The third-order valence-corrected chi connectivity index (χ3v) is 2.99. The standard InChI is InChI=1S/C12H16N4O2/c1-9-2-3-10(17-9)12-14-11(15-18-12)8-16-6-4-13-5-7-16/h2-3,13H,4-8H2,1H3. The van der Waals surface area contributed by atoms with E-state index in [2.05, 4.69) is 20.4 Å². The molecule has 0 unspecified atom stereocenters. The van der Waals surface area contributed by atoms with Gasteiger partial charge in [-0.15, -0.1) is 0 Å². The maximum absolute atomic E-state index is 5.45. The Hall–Kier alpha value is -1.66. The van der Waals surface area contributed by atoms with Crippen molar-refractivity contribution in [2.75, 3.05) is 26.2 Å². The van der Waals surface area contributed by atoms with E-state index in [1.165, 1.54) is 0 Å². The second kappa shape index (κ2) is 4.91. The molecule has 0 spiro atoms. The van der Waals surface area contributed by atoms with Gasteiger partial charge in [-0.2, -0.15) is 4.98 Å². The zero-order valence-electron chi connectivity index (χ0n) is 10.3. The highest BCUT2D eigenvalue weighted by Crippen LogP contribution is 2.20. The van der Waals surface area contributed by atoms with Gasteiger partial charge in [-0.25, -0.2) is 0 Å². The Morgan fingerprint density at radius 1 is 1.33 bits per heavy atom. The zero-order chi connectivity index (χ0) is 12.4. The molecule has 96 valence electrons. The van der Waals surface area contributed by atoms with Crippen LogP contribution in [0.3, 0.4) is 0 Å². The summed E-state index contributed by atoms with van der Waals surface area (Å²) in [4.78, 5) is 6.66. The topological polar surface area (TPSA) is 67.3 Å². The van der Waals surface area contributed by atoms with Gasteiger partial charge in [0.05, 0.1) is 6.54 Å². The van der Waals surface area contributed by atoms with Crippen molar-refractivity contribution >= 4 is 0 Å². The van der Waals surface area contributed by atoms with Crippen LogP contribution >= 0.6 is 0 Å². The summed E-state index contributed by atoms with van der Waals surface area (Å²) in [7, 11) is 0. The van der Waals surface area contributed by atoms with Gasteiger partial charge in [-0.3, -0.25) is 4.90 Å². The molecule has 0 amide bonds. The minimum atomic E-state index is 0.452. The molecule has 1 fully saturated rings. The first kappa shape index (κ1) is 11.4. The van der Waals surface area contributed by atoms with Crippen molar-refractivity contribution in [3.05, 3.63) is 23.7 Å². The molecule has 1 aliphatic rings. The molecule has 0 atom stereocenters. The molecule has 6 nitrogen and oxygen atoms in total. The molecule has 18 heavy (non-hydrogen) atoms. The van der Waals surface area contributed by atoms with Crippen LogP contribution in [0.25, 0.3) is 11.7 Å². The van der Waals surface area contributed by atoms with Crippen LogP contribution in [0.2, 0.25) is 0 Å². The monoisotopic (exact) mass is 248 g/mol. The molecular formula is C12H16N4O2. The predicted octanol–water partition coefficient (Wildman–Crippen LogP) is 1.04. The summed E-state index contributed by atoms with van der Waals surface area (Å²) >= 11 is 0. The number of nitrogens with one attached hydrogen (secondary N) is 1. The van der Waals surface area contributed by atoms with E-state index < -0.39 is 0 Å². The lowest BCUT2D eigenvalue weighted by atomic mass is 10.3. The van der Waals surface area contributed by atoms with Crippen LogP contribution in [0.1, 0.15) is 11.6 Å². The lowest BCUT2D eigenvalue weighted by molar-refractivity contribution is 0.225. The molecular weight excluding hydrogens is 232 g/mol. The second-order valence-corrected chi connectivity index (χ2v) is 4.45. The highest BCUT2D eigenvalue weighted by Gasteiger charge is 2.16. The van der Waals surface area contributed by atoms with E-state index in [0.29, 0.717) is 17.5 Å². The highest BCUT2D eigenvalue weighted by atomic mass is 16.5. The molecule has 0 aliphatic carbocycles. The van der Waals surface area contributed by atoms with E-state index in [1.807, 2.05) is 19.1 Å². The molecule has 0 aromatic carbocycles. The number of furan rings is 1. The van der Waals surface area contributed by atoms with Crippen molar-refractivity contribution in [2.24, 2.45) is 0 Å². The summed E-state index contributed by atoms with van der Waals surface area (Å²) in [6, 6.07) is 3.73. The predicted molar refractivity (Wildman–Crippen MR) is 64.9 cm³/mol. The van der Waals surface area contributed by atoms with Gasteiger partial charge >= 0.3 is 0 Å². The number of nitrogens with zero attached hydrogens (tertiary/aromatic N) is 3. The Balaban J connectivity index is 1.69. The fraction of sp³-hybridized carbons (Fsp3) is 0.500. The Morgan fingerprint density at radius 2 is 2.17 bits per heavy atom. The Kier molecular flexibility index (Phi) is 3.12. The molecule has 1 saturated heterocycles. The van der Waals surface area contributed by atoms with Gasteiger partial charge in [0.2, 0.25) is 0 Å². The fourth-order valence-electron chi connectivity index (χ4n) is 2.04. The zero-order valence-corrected chi connectivity index (χ0v) is 10.3. The Labute approximate surface area is 105 Å². The number of rotatable bonds is 3. The van der Waals surface area contributed by atoms with Crippen LogP contribution in [0.5, 0.6) is 0 Å². The van der Waals surface area contributed by atoms with Crippen LogP contribution in [-0.2, 0) is 6.54 Å². The largest absolute Gasteiger partial charge is 0.456 e. The van der Waals surface area contributed by atoms with Crippen LogP contribution in [0.4, 0.5) is 0 Å². The normalized spacial score (nSPS) is 17.2. The van der Waals surface area contributed by atoms with Gasteiger partial charge < -0.3 is 14.3 Å². The molecule has 1 N–H and O–H groups in total. The summed E-state index contributed by atoms with van der Waals surface area (Å²) in [5.74, 6) is 2.63. The highest BCUT2D eigenvalue weighted by molar-refractivity contribution is 5.43. The number of hydrogen-bond acceptors (Lipinski definition) is 6. The third kappa shape index (κ3) is 2.44. The maximum Gasteiger partial charge on any atom is 0.293 e. The third-order valence-electron chi connectivity index (χ3n) is 2.99. The molecule has 3 heterocycles. The van der Waals surface area contributed by atoms with E-state index >= 15 is 0 Å². The lowest BCUT2D eigenvalue weighted by Crippen LogP contribution is -2.43. The molecule has 6 heteroatoms. The second-order valence-electron chi connectivity index (χ2n) is 4.45. The van der Waals surface area contributed by atoms with Gasteiger partial charge in [0.25, 0.3) is 5.89 Å². The summed E-state index contributed by atoms with van der Waals surface area (Å²) in [5, 5.41) is 7.30. The average Bonchev–Trinajstić information content (AvgIpc) is 2.99. The van der Waals surface area contributed by atoms with Crippen molar-refractivity contribution in [1.29, 1.82) is 0 Å². The molecule has 1 aliphatic heterocycles.